The molecule has 0 unspecified atom stereocenters. The number of amides is 1. The second kappa shape index (κ2) is 5.98. The molecule has 0 spiro atoms. The van der Waals surface area contributed by atoms with Crippen LogP contribution in [-0.2, 0) is 16.0 Å². The van der Waals surface area contributed by atoms with Crippen molar-refractivity contribution in [2.24, 2.45) is 5.92 Å². The predicted octanol–water partition coefficient (Wildman–Crippen LogP) is 1.83. The summed E-state index contributed by atoms with van der Waals surface area (Å²) in [5.74, 6) is -2.97. The van der Waals surface area contributed by atoms with E-state index in [2.05, 4.69) is 0 Å². The Morgan fingerprint density at radius 2 is 1.85 bits per heavy atom. The number of carboxylic acids is 1. The maximum absolute atomic E-state index is 13.5. The second-order valence-electron chi connectivity index (χ2n) is 4.99. The van der Waals surface area contributed by atoms with Crippen LogP contribution in [-0.4, -0.2) is 35.0 Å². The smallest absolute Gasteiger partial charge is 0.323 e. The van der Waals surface area contributed by atoms with Crippen molar-refractivity contribution in [2.75, 3.05) is 13.1 Å². The van der Waals surface area contributed by atoms with E-state index in [1.807, 2.05) is 0 Å². The van der Waals surface area contributed by atoms with E-state index in [0.717, 1.165) is 29.9 Å². The van der Waals surface area contributed by atoms with Gasteiger partial charge in [0.15, 0.2) is 0 Å². The molecule has 1 aliphatic carbocycles. The topological polar surface area (TPSA) is 57.6 Å². The van der Waals surface area contributed by atoms with E-state index >= 15 is 0 Å². The Morgan fingerprint density at radius 3 is 2.35 bits per heavy atom. The van der Waals surface area contributed by atoms with Crippen LogP contribution >= 0.6 is 0 Å². The average molecular weight is 283 g/mol. The summed E-state index contributed by atoms with van der Waals surface area (Å²) in [4.78, 5) is 24.0. The first kappa shape index (κ1) is 14.4. The Bertz CT molecular complexity index is 509. The lowest BCUT2D eigenvalue weighted by atomic mass is 10.1. The van der Waals surface area contributed by atoms with Crippen molar-refractivity contribution in [3.63, 3.8) is 0 Å². The summed E-state index contributed by atoms with van der Waals surface area (Å²) in [6.45, 7) is -0.105. The van der Waals surface area contributed by atoms with Gasteiger partial charge in [0.2, 0.25) is 5.91 Å². The number of carbonyl (C=O) groups is 2. The summed E-state index contributed by atoms with van der Waals surface area (Å²) in [5, 5.41) is 8.80. The van der Waals surface area contributed by atoms with Crippen LogP contribution in [0.3, 0.4) is 0 Å². The van der Waals surface area contributed by atoms with Gasteiger partial charge in [-0.25, -0.2) is 8.78 Å². The van der Waals surface area contributed by atoms with Gasteiger partial charge < -0.3 is 10.0 Å². The highest BCUT2D eigenvalue weighted by atomic mass is 19.1. The van der Waals surface area contributed by atoms with Gasteiger partial charge in [0.1, 0.15) is 18.2 Å². The largest absolute Gasteiger partial charge is 0.480 e. The molecule has 1 aromatic carbocycles. The fourth-order valence-corrected chi connectivity index (χ4v) is 1.99. The van der Waals surface area contributed by atoms with Crippen molar-refractivity contribution in [1.29, 1.82) is 0 Å². The summed E-state index contributed by atoms with van der Waals surface area (Å²) in [6.07, 6.45) is 1.45. The third kappa shape index (κ3) is 3.76. The minimum Gasteiger partial charge on any atom is -0.480 e. The molecule has 0 bridgehead atoms. The third-order valence-corrected chi connectivity index (χ3v) is 3.24. The Balaban J connectivity index is 2.08. The van der Waals surface area contributed by atoms with Crippen LogP contribution in [0.5, 0.6) is 0 Å². The first-order chi connectivity index (χ1) is 9.47. The van der Waals surface area contributed by atoms with Crippen LogP contribution in [0, 0.1) is 17.6 Å². The van der Waals surface area contributed by atoms with Crippen LogP contribution in [0.1, 0.15) is 18.4 Å². The van der Waals surface area contributed by atoms with E-state index in [-0.39, 0.29) is 5.56 Å². The Labute approximate surface area is 115 Å². The van der Waals surface area contributed by atoms with Crippen LogP contribution in [0.15, 0.2) is 18.2 Å². The van der Waals surface area contributed by atoms with Crippen molar-refractivity contribution in [2.45, 2.75) is 19.3 Å². The minimum atomic E-state index is -1.13. The van der Waals surface area contributed by atoms with Crippen molar-refractivity contribution in [1.82, 2.24) is 4.90 Å². The Kier molecular flexibility index (Phi) is 4.32. The van der Waals surface area contributed by atoms with Gasteiger partial charge in [0.05, 0.1) is 6.42 Å². The fourth-order valence-electron chi connectivity index (χ4n) is 1.99. The van der Waals surface area contributed by atoms with Gasteiger partial charge in [-0.1, -0.05) is 6.07 Å². The third-order valence-electron chi connectivity index (χ3n) is 3.24. The summed E-state index contributed by atoms with van der Waals surface area (Å²) in [7, 11) is 0. The number of hydrogen-bond donors (Lipinski definition) is 1. The quantitative estimate of drug-likeness (QED) is 0.866. The second-order valence-corrected chi connectivity index (χ2v) is 4.99. The number of aliphatic carboxylic acids is 1. The molecular weight excluding hydrogens is 268 g/mol. The molecule has 1 aromatic rings. The van der Waals surface area contributed by atoms with E-state index < -0.39 is 36.5 Å². The zero-order valence-electron chi connectivity index (χ0n) is 10.8. The fraction of sp³-hybridized carbons (Fsp3) is 0.429. The maximum atomic E-state index is 13.5. The number of rotatable bonds is 6. The maximum Gasteiger partial charge on any atom is 0.323 e. The average Bonchev–Trinajstić information content (AvgIpc) is 3.16. The Hall–Kier alpha value is -1.98. The van der Waals surface area contributed by atoms with Gasteiger partial charge in [-0.3, -0.25) is 9.59 Å². The highest BCUT2D eigenvalue weighted by molar-refractivity contribution is 5.83. The van der Waals surface area contributed by atoms with Crippen molar-refractivity contribution < 1.29 is 23.5 Å². The standard InChI is InChI=1S/C14H15F2NO3/c15-11-2-1-3-12(16)10(11)6-13(18)17(8-14(19)20)7-9-4-5-9/h1-3,9H,4-8H2,(H,19,20). The van der Waals surface area contributed by atoms with Gasteiger partial charge in [0, 0.05) is 12.1 Å². The summed E-state index contributed by atoms with van der Waals surface area (Å²) in [5.41, 5.74) is -0.316. The lowest BCUT2D eigenvalue weighted by Gasteiger charge is -2.20. The van der Waals surface area contributed by atoms with Gasteiger partial charge >= 0.3 is 5.97 Å². The van der Waals surface area contributed by atoms with Crippen molar-refractivity contribution >= 4 is 11.9 Å². The summed E-state index contributed by atoms with van der Waals surface area (Å²) < 4.78 is 27.0. The number of hydrogen-bond acceptors (Lipinski definition) is 2. The van der Waals surface area contributed by atoms with Crippen LogP contribution in [0.2, 0.25) is 0 Å². The zero-order valence-corrected chi connectivity index (χ0v) is 10.8. The molecule has 0 saturated heterocycles. The molecule has 0 aliphatic heterocycles. The van der Waals surface area contributed by atoms with Crippen LogP contribution in [0.4, 0.5) is 8.78 Å². The van der Waals surface area contributed by atoms with E-state index in [9.17, 15) is 18.4 Å². The molecule has 4 nitrogen and oxygen atoms in total. The molecule has 0 atom stereocenters. The van der Waals surface area contributed by atoms with E-state index in [1.165, 1.54) is 6.07 Å². The van der Waals surface area contributed by atoms with E-state index in [0.29, 0.717) is 12.5 Å². The van der Waals surface area contributed by atoms with Gasteiger partial charge in [-0.15, -0.1) is 0 Å². The van der Waals surface area contributed by atoms with Gasteiger partial charge in [-0.05, 0) is 30.9 Å². The zero-order chi connectivity index (χ0) is 14.7. The van der Waals surface area contributed by atoms with Crippen molar-refractivity contribution in [3.8, 4) is 0 Å². The number of benzene rings is 1. The van der Waals surface area contributed by atoms with E-state index in [1.54, 1.807) is 0 Å². The predicted molar refractivity (Wildman–Crippen MR) is 67.0 cm³/mol. The highest BCUT2D eigenvalue weighted by Gasteiger charge is 2.28. The molecule has 1 amide bonds. The molecular formula is C14H15F2NO3. The lowest BCUT2D eigenvalue weighted by Crippen LogP contribution is -2.38. The van der Waals surface area contributed by atoms with E-state index in [4.69, 9.17) is 5.11 Å². The molecule has 0 radical (unpaired) electrons. The molecule has 1 aliphatic rings. The molecule has 20 heavy (non-hydrogen) atoms. The van der Waals surface area contributed by atoms with Crippen molar-refractivity contribution in [3.05, 3.63) is 35.4 Å². The van der Waals surface area contributed by atoms with Gasteiger partial charge in [-0.2, -0.15) is 0 Å². The summed E-state index contributed by atoms with van der Waals surface area (Å²) >= 11 is 0. The molecule has 1 fully saturated rings. The number of halogens is 2. The van der Waals surface area contributed by atoms with Gasteiger partial charge in [0.25, 0.3) is 0 Å². The Morgan fingerprint density at radius 1 is 1.25 bits per heavy atom. The highest BCUT2D eigenvalue weighted by Crippen LogP contribution is 2.30. The lowest BCUT2D eigenvalue weighted by molar-refractivity contribution is -0.144. The number of carbonyl (C=O) groups excluding carboxylic acids is 1. The molecule has 0 heterocycles. The SMILES string of the molecule is O=C(O)CN(CC1CC1)C(=O)Cc1c(F)cccc1F. The first-order valence-corrected chi connectivity index (χ1v) is 6.40. The normalized spacial score (nSPS) is 14.1. The molecule has 1 N–H and O–H groups in total. The summed E-state index contributed by atoms with van der Waals surface area (Å²) in [6, 6.07) is 3.38. The van der Waals surface area contributed by atoms with Crippen LogP contribution in [0.25, 0.3) is 0 Å². The monoisotopic (exact) mass is 283 g/mol. The number of nitrogens with zero attached hydrogens (tertiary/aromatic N) is 1. The molecule has 1 saturated carbocycles. The number of carboxylic acid groups (broad SMARTS) is 1. The minimum absolute atomic E-state index is 0.309. The molecule has 108 valence electrons. The molecule has 6 heteroatoms. The first-order valence-electron chi connectivity index (χ1n) is 6.40. The van der Waals surface area contributed by atoms with Crippen LogP contribution < -0.4 is 0 Å². The molecule has 2 rings (SSSR count). The molecule has 0 aromatic heterocycles.